The largest absolute Gasteiger partial charge is 0.396 e. The van der Waals surface area contributed by atoms with Crippen LogP contribution in [0.25, 0.3) is 0 Å². The molecule has 1 aliphatic heterocycles. The minimum absolute atomic E-state index is 0.144. The summed E-state index contributed by atoms with van der Waals surface area (Å²) in [6.45, 7) is 1.31. The summed E-state index contributed by atoms with van der Waals surface area (Å²) in [6.07, 6.45) is 3.19. The first-order chi connectivity index (χ1) is 9.78. The van der Waals surface area contributed by atoms with Crippen LogP contribution in [0.15, 0.2) is 30.3 Å². The van der Waals surface area contributed by atoms with Crippen molar-refractivity contribution in [3.8, 4) is 0 Å². The van der Waals surface area contributed by atoms with Gasteiger partial charge in [0, 0.05) is 20.1 Å². The number of aliphatic hydroxyl groups excluding tert-OH is 1. The molecular formula is C16H24O4. The first-order valence-corrected chi connectivity index (χ1v) is 7.21. The molecule has 20 heavy (non-hydrogen) atoms. The molecule has 4 heteroatoms. The molecule has 0 saturated carbocycles. The zero-order valence-electron chi connectivity index (χ0n) is 12.1. The van der Waals surface area contributed by atoms with Crippen LogP contribution < -0.4 is 0 Å². The first-order valence-electron chi connectivity index (χ1n) is 7.21. The van der Waals surface area contributed by atoms with Crippen LogP contribution in [0.2, 0.25) is 0 Å². The van der Waals surface area contributed by atoms with Gasteiger partial charge >= 0.3 is 0 Å². The van der Waals surface area contributed by atoms with Gasteiger partial charge in [0.05, 0.1) is 18.8 Å². The van der Waals surface area contributed by atoms with Gasteiger partial charge in [0.2, 0.25) is 0 Å². The van der Waals surface area contributed by atoms with Gasteiger partial charge in [-0.15, -0.1) is 0 Å². The summed E-state index contributed by atoms with van der Waals surface area (Å²) < 4.78 is 17.1. The van der Waals surface area contributed by atoms with Crippen molar-refractivity contribution in [3.05, 3.63) is 35.9 Å². The second-order valence-electron chi connectivity index (χ2n) is 5.31. The van der Waals surface area contributed by atoms with Crippen LogP contribution in [0.5, 0.6) is 0 Å². The summed E-state index contributed by atoms with van der Waals surface area (Å²) in [4.78, 5) is 0. The topological polar surface area (TPSA) is 47.9 Å². The Kier molecular flexibility index (Phi) is 5.98. The zero-order valence-corrected chi connectivity index (χ0v) is 12.1. The molecule has 0 aromatic heterocycles. The highest BCUT2D eigenvalue weighted by Crippen LogP contribution is 2.35. The number of rotatable bonds is 8. The summed E-state index contributed by atoms with van der Waals surface area (Å²) in [5.74, 6) is 0. The van der Waals surface area contributed by atoms with E-state index in [0.717, 1.165) is 31.2 Å². The van der Waals surface area contributed by atoms with E-state index in [2.05, 4.69) is 0 Å². The van der Waals surface area contributed by atoms with E-state index < -0.39 is 0 Å². The van der Waals surface area contributed by atoms with Gasteiger partial charge < -0.3 is 19.3 Å². The standard InChI is InChI=1S/C16H24O4/c1-18-15-8-10-16(20-15,9-5-11-17)13-19-12-14-6-3-2-4-7-14/h2-4,6-7,15,17H,5,8-13H2,1H3/t15-,16-/m1/s1. The maximum Gasteiger partial charge on any atom is 0.158 e. The minimum atomic E-state index is -0.307. The van der Waals surface area contributed by atoms with E-state index in [4.69, 9.17) is 19.3 Å². The van der Waals surface area contributed by atoms with Gasteiger partial charge in [-0.25, -0.2) is 0 Å². The number of hydrogen-bond acceptors (Lipinski definition) is 4. The van der Waals surface area contributed by atoms with Crippen molar-refractivity contribution < 1.29 is 19.3 Å². The van der Waals surface area contributed by atoms with Crippen LogP contribution >= 0.6 is 0 Å². The van der Waals surface area contributed by atoms with Crippen molar-refractivity contribution in [1.82, 2.24) is 0 Å². The van der Waals surface area contributed by atoms with Crippen molar-refractivity contribution in [2.24, 2.45) is 0 Å². The highest BCUT2D eigenvalue weighted by atomic mass is 16.7. The smallest absolute Gasteiger partial charge is 0.158 e. The van der Waals surface area contributed by atoms with E-state index >= 15 is 0 Å². The second kappa shape index (κ2) is 7.74. The summed E-state index contributed by atoms with van der Waals surface area (Å²) in [7, 11) is 1.66. The van der Waals surface area contributed by atoms with E-state index in [1.165, 1.54) is 0 Å². The van der Waals surface area contributed by atoms with Crippen molar-refractivity contribution >= 4 is 0 Å². The van der Waals surface area contributed by atoms with Gasteiger partial charge in [-0.3, -0.25) is 0 Å². The van der Waals surface area contributed by atoms with Crippen molar-refractivity contribution in [1.29, 1.82) is 0 Å². The fraction of sp³-hybridized carbons (Fsp3) is 0.625. The third-order valence-electron chi connectivity index (χ3n) is 3.75. The normalized spacial score (nSPS) is 26.0. The Labute approximate surface area is 120 Å². The van der Waals surface area contributed by atoms with Crippen molar-refractivity contribution in [3.63, 3.8) is 0 Å². The SMILES string of the molecule is CO[C@H]1CC[C@](CCCO)(COCc2ccccc2)O1. The van der Waals surface area contributed by atoms with E-state index in [-0.39, 0.29) is 18.5 Å². The lowest BCUT2D eigenvalue weighted by atomic mass is 9.95. The number of aliphatic hydroxyl groups is 1. The monoisotopic (exact) mass is 280 g/mol. The molecule has 1 aromatic carbocycles. The molecule has 1 fully saturated rings. The van der Waals surface area contributed by atoms with E-state index in [9.17, 15) is 0 Å². The maximum absolute atomic E-state index is 9.04. The lowest BCUT2D eigenvalue weighted by molar-refractivity contribution is -0.177. The van der Waals surface area contributed by atoms with E-state index in [1.807, 2.05) is 30.3 Å². The van der Waals surface area contributed by atoms with Crippen LogP contribution in [-0.2, 0) is 20.8 Å². The molecular weight excluding hydrogens is 256 g/mol. The van der Waals surface area contributed by atoms with Crippen LogP contribution in [-0.4, -0.2) is 37.3 Å². The molecule has 1 heterocycles. The van der Waals surface area contributed by atoms with Crippen LogP contribution in [0, 0.1) is 0 Å². The summed E-state index contributed by atoms with van der Waals surface area (Å²) in [5, 5.41) is 9.04. The highest BCUT2D eigenvalue weighted by Gasteiger charge is 2.40. The number of benzene rings is 1. The molecule has 2 rings (SSSR count). The molecule has 0 aliphatic carbocycles. The molecule has 1 aromatic rings. The molecule has 112 valence electrons. The molecule has 0 spiro atoms. The molecule has 0 amide bonds. The second-order valence-corrected chi connectivity index (χ2v) is 5.31. The Hall–Kier alpha value is -0.940. The van der Waals surface area contributed by atoms with Crippen LogP contribution in [0.4, 0.5) is 0 Å². The molecule has 2 atom stereocenters. The Morgan fingerprint density at radius 3 is 2.80 bits per heavy atom. The predicted molar refractivity (Wildman–Crippen MR) is 76.3 cm³/mol. The third kappa shape index (κ3) is 4.28. The van der Waals surface area contributed by atoms with Gasteiger partial charge in [-0.1, -0.05) is 30.3 Å². The summed E-state index contributed by atoms with van der Waals surface area (Å²) in [6, 6.07) is 10.1. The zero-order chi connectivity index (χ0) is 14.3. The van der Waals surface area contributed by atoms with Gasteiger partial charge in [-0.05, 0) is 24.8 Å². The van der Waals surface area contributed by atoms with Gasteiger partial charge in [0.25, 0.3) is 0 Å². The lowest BCUT2D eigenvalue weighted by Gasteiger charge is -2.29. The van der Waals surface area contributed by atoms with Crippen molar-refractivity contribution in [2.45, 2.75) is 44.2 Å². The molecule has 1 aliphatic rings. The fourth-order valence-corrected chi connectivity index (χ4v) is 2.64. The molecule has 0 radical (unpaired) electrons. The summed E-state index contributed by atoms with van der Waals surface area (Å²) >= 11 is 0. The van der Waals surface area contributed by atoms with Gasteiger partial charge in [-0.2, -0.15) is 0 Å². The minimum Gasteiger partial charge on any atom is -0.396 e. The highest BCUT2D eigenvalue weighted by molar-refractivity contribution is 5.13. The number of methoxy groups -OCH3 is 1. The average Bonchev–Trinajstić information content (AvgIpc) is 2.90. The Morgan fingerprint density at radius 1 is 1.35 bits per heavy atom. The van der Waals surface area contributed by atoms with Gasteiger partial charge in [0.1, 0.15) is 0 Å². The quantitative estimate of drug-likeness (QED) is 0.795. The maximum atomic E-state index is 9.04. The molecule has 0 unspecified atom stereocenters. The summed E-state index contributed by atoms with van der Waals surface area (Å²) in [5.41, 5.74) is 0.851. The molecule has 1 saturated heterocycles. The van der Waals surface area contributed by atoms with Crippen LogP contribution in [0.3, 0.4) is 0 Å². The lowest BCUT2D eigenvalue weighted by Crippen LogP contribution is -2.35. The molecule has 4 nitrogen and oxygen atoms in total. The first kappa shape index (κ1) is 15.4. The molecule has 1 N–H and O–H groups in total. The van der Waals surface area contributed by atoms with E-state index in [1.54, 1.807) is 7.11 Å². The Bertz CT molecular complexity index is 381. The Morgan fingerprint density at radius 2 is 2.15 bits per heavy atom. The van der Waals surface area contributed by atoms with Gasteiger partial charge in [0.15, 0.2) is 6.29 Å². The fourth-order valence-electron chi connectivity index (χ4n) is 2.64. The number of hydrogen-bond donors (Lipinski definition) is 1. The average molecular weight is 280 g/mol. The third-order valence-corrected chi connectivity index (χ3v) is 3.75. The predicted octanol–water partition coefficient (Wildman–Crippen LogP) is 2.50. The molecule has 0 bridgehead atoms. The van der Waals surface area contributed by atoms with Crippen molar-refractivity contribution in [2.75, 3.05) is 20.3 Å². The number of ether oxygens (including phenoxy) is 3. The Balaban J connectivity index is 1.85. The van der Waals surface area contributed by atoms with E-state index in [0.29, 0.717) is 13.2 Å². The van der Waals surface area contributed by atoms with Crippen LogP contribution in [0.1, 0.15) is 31.2 Å².